The van der Waals surface area contributed by atoms with E-state index >= 15 is 0 Å². The van der Waals surface area contributed by atoms with Crippen molar-refractivity contribution in [2.75, 3.05) is 10.6 Å². The van der Waals surface area contributed by atoms with Gasteiger partial charge in [-0.05, 0) is 23.3 Å². The first kappa shape index (κ1) is 16.0. The monoisotopic (exact) mass is 324 g/mol. The first-order valence-corrected chi connectivity index (χ1v) is 7.71. The largest absolute Gasteiger partial charge is 0.399 e. The van der Waals surface area contributed by atoms with Crippen molar-refractivity contribution < 1.29 is 8.78 Å². The van der Waals surface area contributed by atoms with Crippen molar-refractivity contribution in [1.29, 1.82) is 0 Å². The lowest BCUT2D eigenvalue weighted by Gasteiger charge is -2.26. The zero-order valence-electron chi connectivity index (χ0n) is 13.1. The molecule has 0 bridgehead atoms. The van der Waals surface area contributed by atoms with Crippen molar-refractivity contribution in [2.24, 2.45) is 0 Å². The Bertz CT molecular complexity index is 740. The highest BCUT2D eigenvalue weighted by Crippen LogP contribution is 2.28. The number of hydrogen-bond donors (Lipinski definition) is 1. The fourth-order valence-electron chi connectivity index (χ4n) is 2.71. The normalized spacial score (nSPS) is 10.6. The molecule has 3 aromatic carbocycles. The van der Waals surface area contributed by atoms with Gasteiger partial charge in [0.15, 0.2) is 11.6 Å². The summed E-state index contributed by atoms with van der Waals surface area (Å²) in [7, 11) is 0. The number of nitrogens with zero attached hydrogens (tertiary/aromatic N) is 1. The lowest BCUT2D eigenvalue weighted by atomic mass is 10.1. The van der Waals surface area contributed by atoms with E-state index in [4.69, 9.17) is 5.73 Å². The molecule has 2 nitrogen and oxygen atoms in total. The predicted molar refractivity (Wildman–Crippen MR) is 93.5 cm³/mol. The Kier molecular flexibility index (Phi) is 4.75. The summed E-state index contributed by atoms with van der Waals surface area (Å²) in [6, 6.07) is 21.5. The lowest BCUT2D eigenvalue weighted by molar-refractivity contribution is 0.569. The molecule has 0 saturated carbocycles. The maximum Gasteiger partial charge on any atom is 0.151 e. The molecule has 0 radical (unpaired) electrons. The maximum atomic E-state index is 14.4. The van der Waals surface area contributed by atoms with Gasteiger partial charge in [0.1, 0.15) is 5.69 Å². The summed E-state index contributed by atoms with van der Waals surface area (Å²) in [6.45, 7) is 0.793. The highest BCUT2D eigenvalue weighted by atomic mass is 19.1. The summed E-state index contributed by atoms with van der Waals surface area (Å²) < 4.78 is 28.8. The fraction of sp³-hybridized carbons (Fsp3) is 0.100. The summed E-state index contributed by atoms with van der Waals surface area (Å²) in [5.41, 5.74) is 7.51. The van der Waals surface area contributed by atoms with Crippen LogP contribution in [-0.2, 0) is 13.1 Å². The molecule has 0 unspecified atom stereocenters. The van der Waals surface area contributed by atoms with Crippen LogP contribution in [0, 0.1) is 11.6 Å². The summed E-state index contributed by atoms with van der Waals surface area (Å²) in [4.78, 5) is 1.69. The average Bonchev–Trinajstić information content (AvgIpc) is 2.55. The smallest absolute Gasteiger partial charge is 0.151 e. The molecule has 0 aliphatic rings. The Morgan fingerprint density at radius 1 is 0.708 bits per heavy atom. The second kappa shape index (κ2) is 7.13. The molecular formula is C20H18F2N2. The second-order valence-electron chi connectivity index (χ2n) is 5.66. The molecule has 0 aliphatic carbocycles. The van der Waals surface area contributed by atoms with Gasteiger partial charge in [0, 0.05) is 18.8 Å². The third kappa shape index (κ3) is 3.71. The van der Waals surface area contributed by atoms with E-state index in [0.29, 0.717) is 13.1 Å². The first-order chi connectivity index (χ1) is 11.6. The van der Waals surface area contributed by atoms with Crippen LogP contribution < -0.4 is 10.6 Å². The van der Waals surface area contributed by atoms with Crippen LogP contribution in [0.4, 0.5) is 20.2 Å². The lowest BCUT2D eigenvalue weighted by Crippen LogP contribution is -2.24. The third-order valence-electron chi connectivity index (χ3n) is 3.79. The highest BCUT2D eigenvalue weighted by molar-refractivity contribution is 5.56. The minimum absolute atomic E-state index is 0.0584. The topological polar surface area (TPSA) is 29.3 Å². The highest BCUT2D eigenvalue weighted by Gasteiger charge is 2.18. The molecular weight excluding hydrogens is 306 g/mol. The molecule has 0 saturated heterocycles. The van der Waals surface area contributed by atoms with Gasteiger partial charge in [-0.3, -0.25) is 0 Å². The minimum Gasteiger partial charge on any atom is -0.399 e. The van der Waals surface area contributed by atoms with Gasteiger partial charge in [0.05, 0.1) is 0 Å². The van der Waals surface area contributed by atoms with Crippen LogP contribution in [0.3, 0.4) is 0 Å². The molecule has 24 heavy (non-hydrogen) atoms. The van der Waals surface area contributed by atoms with E-state index in [2.05, 4.69) is 0 Å². The van der Waals surface area contributed by atoms with E-state index in [1.165, 1.54) is 0 Å². The van der Waals surface area contributed by atoms with Crippen molar-refractivity contribution in [1.82, 2.24) is 0 Å². The summed E-state index contributed by atoms with van der Waals surface area (Å²) in [6.07, 6.45) is 0. The Hall–Kier alpha value is -2.88. The van der Waals surface area contributed by atoms with Crippen LogP contribution in [-0.4, -0.2) is 0 Å². The molecule has 3 aromatic rings. The number of hydrogen-bond acceptors (Lipinski definition) is 2. The van der Waals surface area contributed by atoms with E-state index in [-0.39, 0.29) is 11.4 Å². The van der Waals surface area contributed by atoms with Crippen LogP contribution >= 0.6 is 0 Å². The number of nitrogens with two attached hydrogens (primary N) is 1. The van der Waals surface area contributed by atoms with Gasteiger partial charge < -0.3 is 10.6 Å². The number of benzene rings is 3. The van der Waals surface area contributed by atoms with E-state index in [1.54, 1.807) is 4.90 Å². The molecule has 2 N–H and O–H groups in total. The number of nitrogen functional groups attached to an aromatic ring is 1. The Morgan fingerprint density at radius 3 is 1.54 bits per heavy atom. The van der Waals surface area contributed by atoms with Crippen LogP contribution in [0.25, 0.3) is 0 Å². The predicted octanol–water partition coefficient (Wildman–Crippen LogP) is 4.75. The van der Waals surface area contributed by atoms with Crippen molar-refractivity contribution in [2.45, 2.75) is 13.1 Å². The van der Waals surface area contributed by atoms with Gasteiger partial charge in [-0.1, -0.05) is 60.7 Å². The number of rotatable bonds is 5. The standard InChI is InChI=1S/C20H18F2N2/c21-18-11-17(23)12-19(22)20(18)24(13-15-7-3-1-4-8-15)14-16-9-5-2-6-10-16/h1-12H,13-14,23H2. The molecule has 0 aromatic heterocycles. The molecule has 0 heterocycles. The molecule has 0 fully saturated rings. The molecule has 0 atom stereocenters. The van der Waals surface area contributed by atoms with Crippen LogP contribution in [0.1, 0.15) is 11.1 Å². The van der Waals surface area contributed by atoms with Gasteiger partial charge in [0.25, 0.3) is 0 Å². The summed E-state index contributed by atoms with van der Waals surface area (Å²) in [5.74, 6) is -1.31. The van der Waals surface area contributed by atoms with Crippen LogP contribution in [0.5, 0.6) is 0 Å². The van der Waals surface area contributed by atoms with Gasteiger partial charge in [-0.15, -0.1) is 0 Å². The van der Waals surface area contributed by atoms with Gasteiger partial charge in [-0.25, -0.2) is 8.78 Å². The third-order valence-corrected chi connectivity index (χ3v) is 3.79. The summed E-state index contributed by atoms with van der Waals surface area (Å²) >= 11 is 0. The van der Waals surface area contributed by atoms with Crippen molar-refractivity contribution in [3.63, 3.8) is 0 Å². The van der Waals surface area contributed by atoms with Crippen LogP contribution in [0.2, 0.25) is 0 Å². The quantitative estimate of drug-likeness (QED) is 0.686. The molecule has 3 rings (SSSR count). The fourth-order valence-corrected chi connectivity index (χ4v) is 2.71. The summed E-state index contributed by atoms with van der Waals surface area (Å²) in [5, 5.41) is 0. The molecule has 0 aliphatic heterocycles. The molecule has 4 heteroatoms. The van der Waals surface area contributed by atoms with Crippen molar-refractivity contribution in [3.8, 4) is 0 Å². The zero-order chi connectivity index (χ0) is 16.9. The maximum absolute atomic E-state index is 14.4. The molecule has 0 spiro atoms. The van der Waals surface area contributed by atoms with Gasteiger partial charge in [0.2, 0.25) is 0 Å². The molecule has 0 amide bonds. The second-order valence-corrected chi connectivity index (χ2v) is 5.66. The zero-order valence-corrected chi connectivity index (χ0v) is 13.1. The van der Waals surface area contributed by atoms with E-state index < -0.39 is 11.6 Å². The minimum atomic E-state index is -0.653. The SMILES string of the molecule is Nc1cc(F)c(N(Cc2ccccc2)Cc2ccccc2)c(F)c1. The Morgan fingerprint density at radius 2 is 1.12 bits per heavy atom. The Labute approximate surface area is 140 Å². The van der Waals surface area contributed by atoms with E-state index in [0.717, 1.165) is 23.3 Å². The van der Waals surface area contributed by atoms with E-state index in [1.807, 2.05) is 60.7 Å². The number of anilines is 2. The van der Waals surface area contributed by atoms with Gasteiger partial charge in [-0.2, -0.15) is 0 Å². The van der Waals surface area contributed by atoms with E-state index in [9.17, 15) is 8.78 Å². The van der Waals surface area contributed by atoms with Crippen LogP contribution in [0.15, 0.2) is 72.8 Å². The number of halogens is 2. The van der Waals surface area contributed by atoms with Crippen molar-refractivity contribution in [3.05, 3.63) is 95.6 Å². The average molecular weight is 324 g/mol. The molecule has 122 valence electrons. The first-order valence-electron chi connectivity index (χ1n) is 7.71. The Balaban J connectivity index is 1.98. The van der Waals surface area contributed by atoms with Crippen molar-refractivity contribution >= 4 is 11.4 Å². The van der Waals surface area contributed by atoms with Gasteiger partial charge >= 0.3 is 0 Å².